The highest BCUT2D eigenvalue weighted by atomic mass is 32.2. The van der Waals surface area contributed by atoms with Gasteiger partial charge in [0.1, 0.15) is 9.79 Å². The van der Waals surface area contributed by atoms with Crippen molar-refractivity contribution in [1.29, 1.82) is 0 Å². The summed E-state index contributed by atoms with van der Waals surface area (Å²) in [4.78, 5) is 27.3. The number of amides is 3. The summed E-state index contributed by atoms with van der Waals surface area (Å²) in [7, 11) is -6.27. The molecule has 0 bridgehead atoms. The summed E-state index contributed by atoms with van der Waals surface area (Å²) in [6.45, 7) is 3.06. The molecular formula is C16H21N5O7S2. The summed E-state index contributed by atoms with van der Waals surface area (Å²) in [5.41, 5.74) is 0.686. The fourth-order valence-electron chi connectivity index (χ4n) is 2.61. The number of hydrogen-bond acceptors (Lipinski definition) is 7. The fourth-order valence-corrected chi connectivity index (χ4v) is 5.23. The van der Waals surface area contributed by atoms with Gasteiger partial charge < -0.3 is 5.11 Å². The monoisotopic (exact) mass is 459 g/mol. The van der Waals surface area contributed by atoms with Crippen molar-refractivity contribution in [3.63, 3.8) is 0 Å². The highest BCUT2D eigenvalue weighted by Crippen LogP contribution is 2.23. The topological polar surface area (TPSA) is 166 Å². The Morgan fingerprint density at radius 1 is 1.10 bits per heavy atom. The number of hydrogen-bond donors (Lipinski definition) is 3. The molecule has 1 aromatic carbocycles. The van der Waals surface area contributed by atoms with Crippen molar-refractivity contribution in [3.8, 4) is 0 Å². The van der Waals surface area contributed by atoms with E-state index >= 15 is 0 Å². The quantitative estimate of drug-likeness (QED) is 0.579. The molecule has 1 unspecified atom stereocenters. The van der Waals surface area contributed by atoms with E-state index in [4.69, 9.17) is 0 Å². The van der Waals surface area contributed by atoms with Crippen molar-refractivity contribution in [3.05, 3.63) is 36.0 Å². The van der Waals surface area contributed by atoms with Gasteiger partial charge in [-0.1, -0.05) is 12.1 Å². The van der Waals surface area contributed by atoms with Gasteiger partial charge in [-0.25, -0.2) is 45.3 Å². The van der Waals surface area contributed by atoms with Crippen molar-refractivity contribution < 1.29 is 31.5 Å². The lowest BCUT2D eigenvalue weighted by Crippen LogP contribution is -2.53. The van der Waals surface area contributed by atoms with Crippen molar-refractivity contribution in [2.24, 2.45) is 4.99 Å². The summed E-state index contributed by atoms with van der Waals surface area (Å²) in [5, 5.41) is 11.5. The van der Waals surface area contributed by atoms with Gasteiger partial charge in [0.05, 0.1) is 0 Å². The Morgan fingerprint density at radius 2 is 1.67 bits per heavy atom. The molecule has 1 aromatic rings. The minimum atomic E-state index is -4.62. The average molecular weight is 460 g/mol. The van der Waals surface area contributed by atoms with Gasteiger partial charge in [0, 0.05) is 25.5 Å². The van der Waals surface area contributed by atoms with E-state index in [2.05, 4.69) is 10.3 Å². The molecule has 2 rings (SSSR count). The predicted octanol–water partition coefficient (Wildman–Crippen LogP) is 0.567. The van der Waals surface area contributed by atoms with Gasteiger partial charge in [-0.3, -0.25) is 5.32 Å². The fraction of sp³-hybridized carbons (Fsp3) is 0.312. The minimum Gasteiger partial charge on any atom is -0.465 e. The van der Waals surface area contributed by atoms with E-state index in [1.807, 2.05) is 0 Å². The normalized spacial score (nSPS) is 17.2. The molecule has 0 radical (unpaired) electrons. The summed E-state index contributed by atoms with van der Waals surface area (Å²) in [5.74, 6) is 0. The second-order valence-corrected chi connectivity index (χ2v) is 10.2. The van der Waals surface area contributed by atoms with Crippen LogP contribution in [0.1, 0.15) is 13.8 Å². The van der Waals surface area contributed by atoms with E-state index in [0.29, 0.717) is 5.71 Å². The maximum Gasteiger partial charge on any atom is 0.414 e. The van der Waals surface area contributed by atoms with Crippen molar-refractivity contribution in [2.75, 3.05) is 14.1 Å². The predicted molar refractivity (Wildman–Crippen MR) is 107 cm³/mol. The Hall–Kier alpha value is -2.97. The van der Waals surface area contributed by atoms with Crippen LogP contribution in [-0.2, 0) is 20.0 Å². The Bertz CT molecular complexity index is 1140. The van der Waals surface area contributed by atoms with Crippen LogP contribution in [0.25, 0.3) is 0 Å². The molecule has 1 aliphatic heterocycles. The van der Waals surface area contributed by atoms with Crippen molar-refractivity contribution in [2.45, 2.75) is 29.9 Å². The molecule has 14 heteroatoms. The van der Waals surface area contributed by atoms with E-state index in [-0.39, 0.29) is 5.70 Å². The van der Waals surface area contributed by atoms with Gasteiger partial charge in [-0.05, 0) is 32.1 Å². The third kappa shape index (κ3) is 4.77. The number of nitrogens with zero attached hydrogens (tertiary/aromatic N) is 3. The highest BCUT2D eigenvalue weighted by Gasteiger charge is 2.32. The average Bonchev–Trinajstić information content (AvgIpc) is 2.59. The molecule has 164 valence electrons. The van der Waals surface area contributed by atoms with Gasteiger partial charge in [-0.2, -0.15) is 0 Å². The zero-order valence-corrected chi connectivity index (χ0v) is 18.2. The molecule has 1 heterocycles. The molecule has 12 nitrogen and oxygen atoms in total. The van der Waals surface area contributed by atoms with Crippen LogP contribution in [0.2, 0.25) is 0 Å². The first kappa shape index (κ1) is 23.3. The zero-order chi connectivity index (χ0) is 22.9. The van der Waals surface area contributed by atoms with Crippen molar-refractivity contribution in [1.82, 2.24) is 19.2 Å². The zero-order valence-electron chi connectivity index (χ0n) is 16.5. The van der Waals surface area contributed by atoms with Crippen LogP contribution < -0.4 is 10.0 Å². The summed E-state index contributed by atoms with van der Waals surface area (Å²) in [6.07, 6.45) is -1.33. The second-order valence-electron chi connectivity index (χ2n) is 6.40. The Balaban J connectivity index is 2.32. The maximum atomic E-state index is 12.7. The van der Waals surface area contributed by atoms with Crippen LogP contribution in [0.3, 0.4) is 0 Å². The number of urea groups is 1. The molecule has 0 saturated heterocycles. The highest BCUT2D eigenvalue weighted by molar-refractivity contribution is 7.92. The van der Waals surface area contributed by atoms with Crippen LogP contribution in [0.4, 0.5) is 9.59 Å². The Kier molecular flexibility index (Phi) is 6.54. The van der Waals surface area contributed by atoms with E-state index in [1.165, 1.54) is 39.2 Å². The lowest BCUT2D eigenvalue weighted by atomic mass is 10.2. The molecule has 0 saturated carbocycles. The first-order chi connectivity index (χ1) is 13.8. The first-order valence-electron chi connectivity index (χ1n) is 8.37. The van der Waals surface area contributed by atoms with Crippen LogP contribution in [0, 0.1) is 0 Å². The summed E-state index contributed by atoms with van der Waals surface area (Å²) in [6, 6.07) is 3.49. The SMILES string of the molecule is CC1=CC(C)=NC(NC(=O)NS(=O)(=O)c2ccccc2S(=O)(=O)N(C)C)N1C(=O)O. The molecule has 3 amide bonds. The third-order valence-electron chi connectivity index (χ3n) is 3.96. The standard InChI is InChI=1S/C16H21N5O7S2/c1-10-9-11(2)21(16(23)24)14(17-10)18-15(22)19-29(25,26)12-7-5-6-8-13(12)30(27,28)20(3)4/h5-9,14H,1-4H3,(H,23,24)(H2,18,19,22). The van der Waals surface area contributed by atoms with E-state index in [0.717, 1.165) is 21.3 Å². The number of sulfonamides is 2. The van der Waals surface area contributed by atoms with Crippen LogP contribution >= 0.6 is 0 Å². The Morgan fingerprint density at radius 3 is 2.20 bits per heavy atom. The molecule has 0 aromatic heterocycles. The number of allylic oxidation sites excluding steroid dienone is 2. The molecule has 0 aliphatic carbocycles. The Labute approximate surface area is 174 Å². The number of benzene rings is 1. The van der Waals surface area contributed by atoms with Gasteiger partial charge >= 0.3 is 12.1 Å². The van der Waals surface area contributed by atoms with Gasteiger partial charge in [0.15, 0.2) is 0 Å². The smallest absolute Gasteiger partial charge is 0.414 e. The molecule has 0 fully saturated rings. The van der Waals surface area contributed by atoms with Crippen LogP contribution in [-0.4, -0.2) is 69.4 Å². The van der Waals surface area contributed by atoms with Crippen molar-refractivity contribution >= 4 is 37.9 Å². The molecule has 0 spiro atoms. The van der Waals surface area contributed by atoms with E-state index in [1.54, 1.807) is 11.6 Å². The second kappa shape index (κ2) is 8.41. The molecular weight excluding hydrogens is 438 g/mol. The lowest BCUT2D eigenvalue weighted by molar-refractivity contribution is 0.136. The molecule has 30 heavy (non-hydrogen) atoms. The number of rotatable bonds is 5. The number of carbonyl (C=O) groups is 2. The molecule has 1 aliphatic rings. The minimum absolute atomic E-state index is 0.269. The number of carboxylic acid groups (broad SMARTS) is 1. The molecule has 3 N–H and O–H groups in total. The van der Waals surface area contributed by atoms with E-state index < -0.39 is 48.3 Å². The molecule has 1 atom stereocenters. The summed E-state index contributed by atoms with van der Waals surface area (Å²) >= 11 is 0. The van der Waals surface area contributed by atoms with Gasteiger partial charge in [0.25, 0.3) is 10.0 Å². The third-order valence-corrected chi connectivity index (χ3v) is 7.35. The maximum absolute atomic E-state index is 12.7. The van der Waals surface area contributed by atoms with E-state index in [9.17, 15) is 31.5 Å². The van der Waals surface area contributed by atoms with Gasteiger partial charge in [0.2, 0.25) is 16.3 Å². The largest absolute Gasteiger partial charge is 0.465 e. The van der Waals surface area contributed by atoms with Crippen LogP contribution in [0.15, 0.2) is 50.8 Å². The number of nitrogens with one attached hydrogen (secondary N) is 2. The number of aliphatic imine (C=N–C) groups is 1. The van der Waals surface area contributed by atoms with Gasteiger partial charge in [-0.15, -0.1) is 0 Å². The first-order valence-corrected chi connectivity index (χ1v) is 11.3. The van der Waals surface area contributed by atoms with Crippen LogP contribution in [0.5, 0.6) is 0 Å². The summed E-state index contributed by atoms with van der Waals surface area (Å²) < 4.78 is 52.8. The lowest BCUT2D eigenvalue weighted by Gasteiger charge is -2.30. The number of carbonyl (C=O) groups excluding carboxylic acids is 1.